The second-order valence-electron chi connectivity index (χ2n) is 4.11. The number of benzene rings is 2. The molecule has 0 aliphatic rings. The molecule has 0 amide bonds. The fraction of sp³-hybridized carbons (Fsp3) is 0.188. The van der Waals surface area contributed by atoms with Gasteiger partial charge in [-0.05, 0) is 30.3 Å². The van der Waals surface area contributed by atoms with Crippen molar-refractivity contribution < 1.29 is 14.2 Å². The molecule has 0 saturated heterocycles. The predicted molar refractivity (Wildman–Crippen MR) is 75.0 cm³/mol. The molecular weight excluding hydrogens is 254 g/mol. The zero-order chi connectivity index (χ0) is 14.4. The Hall–Kier alpha value is -2.67. The van der Waals surface area contributed by atoms with E-state index in [9.17, 15) is 0 Å². The maximum Gasteiger partial charge on any atom is 0.125 e. The van der Waals surface area contributed by atoms with Gasteiger partial charge in [0.15, 0.2) is 0 Å². The van der Waals surface area contributed by atoms with Gasteiger partial charge in [0, 0.05) is 11.6 Å². The van der Waals surface area contributed by atoms with E-state index in [4.69, 9.17) is 19.5 Å². The van der Waals surface area contributed by atoms with E-state index in [2.05, 4.69) is 6.07 Å². The minimum Gasteiger partial charge on any atom is -0.497 e. The molecule has 0 aliphatic carbocycles. The Kier molecular flexibility index (Phi) is 4.46. The number of ether oxygens (including phenoxy) is 3. The Morgan fingerprint density at radius 2 is 1.80 bits per heavy atom. The van der Waals surface area contributed by atoms with E-state index in [-0.39, 0.29) is 0 Å². The summed E-state index contributed by atoms with van der Waals surface area (Å²) in [5, 5.41) is 8.93. The molecule has 4 nitrogen and oxygen atoms in total. The lowest BCUT2D eigenvalue weighted by atomic mass is 10.1. The minimum absolute atomic E-state index is 0.325. The summed E-state index contributed by atoms with van der Waals surface area (Å²) in [7, 11) is 3.20. The van der Waals surface area contributed by atoms with Gasteiger partial charge in [-0.2, -0.15) is 5.26 Å². The third-order valence-corrected chi connectivity index (χ3v) is 2.85. The van der Waals surface area contributed by atoms with Gasteiger partial charge in [0.1, 0.15) is 23.9 Å². The van der Waals surface area contributed by atoms with Crippen LogP contribution in [0.1, 0.15) is 11.1 Å². The summed E-state index contributed by atoms with van der Waals surface area (Å²) in [5.41, 5.74) is 1.41. The van der Waals surface area contributed by atoms with Gasteiger partial charge in [0.25, 0.3) is 0 Å². The van der Waals surface area contributed by atoms with Crippen LogP contribution < -0.4 is 14.2 Å². The summed E-state index contributed by atoms with van der Waals surface area (Å²) in [4.78, 5) is 0. The van der Waals surface area contributed by atoms with Gasteiger partial charge < -0.3 is 14.2 Å². The fourth-order valence-electron chi connectivity index (χ4n) is 1.81. The monoisotopic (exact) mass is 269 g/mol. The molecule has 0 fully saturated rings. The molecule has 0 unspecified atom stereocenters. The zero-order valence-electron chi connectivity index (χ0n) is 11.4. The standard InChI is InChI=1S/C16H15NO3/c1-18-14-4-3-5-15(9-14)20-11-13-8-12(10-17)6-7-16(13)19-2/h3-9H,11H2,1-2H3. The Labute approximate surface area is 118 Å². The highest BCUT2D eigenvalue weighted by Gasteiger charge is 2.06. The van der Waals surface area contributed by atoms with Crippen LogP contribution in [-0.4, -0.2) is 14.2 Å². The molecule has 0 bridgehead atoms. The SMILES string of the molecule is COc1cccc(OCc2cc(C#N)ccc2OC)c1. The van der Waals surface area contributed by atoms with Crippen LogP contribution in [0.3, 0.4) is 0 Å². The lowest BCUT2D eigenvalue weighted by molar-refractivity contribution is 0.294. The maximum absolute atomic E-state index is 8.93. The van der Waals surface area contributed by atoms with Crippen LogP contribution in [0.15, 0.2) is 42.5 Å². The zero-order valence-corrected chi connectivity index (χ0v) is 11.4. The van der Waals surface area contributed by atoms with Crippen LogP contribution >= 0.6 is 0 Å². The first kappa shape index (κ1) is 13.8. The first-order chi connectivity index (χ1) is 9.76. The highest BCUT2D eigenvalue weighted by Crippen LogP contribution is 2.24. The van der Waals surface area contributed by atoms with Crippen molar-refractivity contribution in [3.05, 3.63) is 53.6 Å². The molecule has 102 valence electrons. The Bertz CT molecular complexity index is 632. The molecule has 0 aliphatic heterocycles. The Balaban J connectivity index is 2.15. The van der Waals surface area contributed by atoms with Gasteiger partial charge in [0.05, 0.1) is 25.9 Å². The highest BCUT2D eigenvalue weighted by molar-refractivity contribution is 5.42. The summed E-state index contributed by atoms with van der Waals surface area (Å²) in [6.45, 7) is 0.325. The average molecular weight is 269 g/mol. The summed E-state index contributed by atoms with van der Waals surface area (Å²) < 4.78 is 16.1. The largest absolute Gasteiger partial charge is 0.497 e. The molecule has 4 heteroatoms. The van der Waals surface area contributed by atoms with Crippen LogP contribution in [-0.2, 0) is 6.61 Å². The van der Waals surface area contributed by atoms with Crippen molar-refractivity contribution in [1.29, 1.82) is 5.26 Å². The van der Waals surface area contributed by atoms with Gasteiger partial charge in [-0.1, -0.05) is 6.07 Å². The number of hydrogen-bond acceptors (Lipinski definition) is 4. The molecule has 0 radical (unpaired) electrons. The number of nitrogens with zero attached hydrogens (tertiary/aromatic N) is 1. The fourth-order valence-corrected chi connectivity index (χ4v) is 1.81. The molecule has 0 spiro atoms. The lowest BCUT2D eigenvalue weighted by Gasteiger charge is -2.11. The quantitative estimate of drug-likeness (QED) is 0.836. The second kappa shape index (κ2) is 6.48. The lowest BCUT2D eigenvalue weighted by Crippen LogP contribution is -1.99. The van der Waals surface area contributed by atoms with Crippen LogP contribution in [0.2, 0.25) is 0 Å². The molecule has 2 aromatic rings. The van der Waals surface area contributed by atoms with Crippen molar-refractivity contribution in [2.75, 3.05) is 14.2 Å². The van der Waals surface area contributed by atoms with E-state index < -0.39 is 0 Å². The summed E-state index contributed by atoms with van der Waals surface area (Å²) in [6, 6.07) is 14.7. The maximum atomic E-state index is 8.93. The van der Waals surface area contributed by atoms with E-state index in [0.717, 1.165) is 11.3 Å². The number of hydrogen-bond donors (Lipinski definition) is 0. The Morgan fingerprint density at radius 3 is 2.50 bits per heavy atom. The van der Waals surface area contributed by atoms with Crippen molar-refractivity contribution in [2.45, 2.75) is 6.61 Å². The van der Waals surface area contributed by atoms with Gasteiger partial charge in [-0.15, -0.1) is 0 Å². The predicted octanol–water partition coefficient (Wildman–Crippen LogP) is 3.15. The van der Waals surface area contributed by atoms with E-state index in [0.29, 0.717) is 23.7 Å². The molecule has 0 aromatic heterocycles. The Morgan fingerprint density at radius 1 is 1.00 bits per heavy atom. The van der Waals surface area contributed by atoms with E-state index in [1.807, 2.05) is 18.2 Å². The molecule has 20 heavy (non-hydrogen) atoms. The normalized spacial score (nSPS) is 9.65. The summed E-state index contributed by atoms with van der Waals surface area (Å²) in [5.74, 6) is 2.14. The van der Waals surface area contributed by atoms with E-state index in [1.54, 1.807) is 38.5 Å². The van der Waals surface area contributed by atoms with Crippen molar-refractivity contribution in [2.24, 2.45) is 0 Å². The molecule has 0 saturated carbocycles. The molecule has 0 heterocycles. The topological polar surface area (TPSA) is 51.5 Å². The summed E-state index contributed by atoms with van der Waals surface area (Å²) in [6.07, 6.45) is 0. The van der Waals surface area contributed by atoms with Crippen LogP contribution in [0.4, 0.5) is 0 Å². The van der Waals surface area contributed by atoms with Crippen molar-refractivity contribution in [1.82, 2.24) is 0 Å². The number of nitriles is 1. The molecule has 2 rings (SSSR count). The molecular formula is C16H15NO3. The van der Waals surface area contributed by atoms with Crippen LogP contribution in [0.5, 0.6) is 17.2 Å². The number of rotatable bonds is 5. The minimum atomic E-state index is 0.325. The van der Waals surface area contributed by atoms with Gasteiger partial charge in [-0.3, -0.25) is 0 Å². The average Bonchev–Trinajstić information content (AvgIpc) is 2.52. The second-order valence-corrected chi connectivity index (χ2v) is 4.11. The third kappa shape index (κ3) is 3.21. The van der Waals surface area contributed by atoms with Crippen molar-refractivity contribution in [3.63, 3.8) is 0 Å². The van der Waals surface area contributed by atoms with E-state index >= 15 is 0 Å². The number of methoxy groups -OCH3 is 2. The third-order valence-electron chi connectivity index (χ3n) is 2.85. The van der Waals surface area contributed by atoms with E-state index in [1.165, 1.54) is 0 Å². The van der Waals surface area contributed by atoms with Gasteiger partial charge >= 0.3 is 0 Å². The van der Waals surface area contributed by atoms with Gasteiger partial charge in [-0.25, -0.2) is 0 Å². The smallest absolute Gasteiger partial charge is 0.125 e. The van der Waals surface area contributed by atoms with Crippen LogP contribution in [0, 0.1) is 11.3 Å². The highest BCUT2D eigenvalue weighted by atomic mass is 16.5. The first-order valence-electron chi connectivity index (χ1n) is 6.10. The first-order valence-corrected chi connectivity index (χ1v) is 6.10. The molecule has 0 atom stereocenters. The molecule has 2 aromatic carbocycles. The van der Waals surface area contributed by atoms with Crippen molar-refractivity contribution >= 4 is 0 Å². The van der Waals surface area contributed by atoms with Crippen molar-refractivity contribution in [3.8, 4) is 23.3 Å². The van der Waals surface area contributed by atoms with Gasteiger partial charge in [0.2, 0.25) is 0 Å². The molecule has 0 N–H and O–H groups in total. The van der Waals surface area contributed by atoms with Crippen LogP contribution in [0.25, 0.3) is 0 Å². The summed E-state index contributed by atoms with van der Waals surface area (Å²) >= 11 is 0.